The number of anilines is 1. The molecule has 0 bridgehead atoms. The van der Waals surface area contributed by atoms with E-state index in [0.29, 0.717) is 6.42 Å². The van der Waals surface area contributed by atoms with Crippen LogP contribution in [-0.4, -0.2) is 11.9 Å². The van der Waals surface area contributed by atoms with Gasteiger partial charge in [0.1, 0.15) is 11.9 Å². The molecule has 1 amide bonds. The topological polar surface area (TPSA) is 53.2 Å². The summed E-state index contributed by atoms with van der Waals surface area (Å²) in [6.07, 6.45) is 0.603. The fraction of sp³-hybridized carbons (Fsp3) is 0.188. The highest BCUT2D eigenvalue weighted by Gasteiger charge is 2.30. The fourth-order valence-electron chi connectivity index (χ4n) is 2.44. The van der Waals surface area contributed by atoms with Crippen LogP contribution in [-0.2, 0) is 4.79 Å². The van der Waals surface area contributed by atoms with E-state index < -0.39 is 0 Å². The first-order valence-corrected chi connectivity index (χ1v) is 7.74. The molecule has 1 fully saturated rings. The van der Waals surface area contributed by atoms with E-state index in [-0.39, 0.29) is 23.8 Å². The summed E-state index contributed by atoms with van der Waals surface area (Å²) >= 11 is 3.37. The lowest BCUT2D eigenvalue weighted by Crippen LogP contribution is -2.39. The van der Waals surface area contributed by atoms with Crippen molar-refractivity contribution in [1.29, 1.82) is 0 Å². The van der Waals surface area contributed by atoms with Crippen molar-refractivity contribution >= 4 is 27.5 Å². The van der Waals surface area contributed by atoms with Crippen molar-refractivity contribution in [2.75, 3.05) is 5.32 Å². The third kappa shape index (κ3) is 3.52. The molecule has 22 heavy (non-hydrogen) atoms. The summed E-state index contributed by atoms with van der Waals surface area (Å²) in [5, 5.41) is 2.87. The van der Waals surface area contributed by atoms with Crippen molar-refractivity contribution in [2.45, 2.75) is 18.5 Å². The maximum Gasteiger partial charge on any atom is 0.242 e. The fourth-order valence-corrected chi connectivity index (χ4v) is 2.84. The maximum absolute atomic E-state index is 12.9. The molecule has 6 heteroatoms. The van der Waals surface area contributed by atoms with E-state index in [1.54, 1.807) is 12.1 Å². The van der Waals surface area contributed by atoms with Crippen LogP contribution < -0.4 is 16.2 Å². The zero-order valence-electron chi connectivity index (χ0n) is 11.6. The molecule has 2 aromatic carbocycles. The van der Waals surface area contributed by atoms with Gasteiger partial charge in [-0.1, -0.05) is 34.1 Å². The normalized spacial score (nSPS) is 20.8. The van der Waals surface area contributed by atoms with E-state index in [0.717, 1.165) is 15.7 Å². The predicted molar refractivity (Wildman–Crippen MR) is 86.6 cm³/mol. The van der Waals surface area contributed by atoms with Crippen LogP contribution in [0, 0.1) is 5.82 Å². The van der Waals surface area contributed by atoms with Crippen molar-refractivity contribution in [2.24, 2.45) is 0 Å². The van der Waals surface area contributed by atoms with Crippen LogP contribution in [0.25, 0.3) is 0 Å². The van der Waals surface area contributed by atoms with Crippen LogP contribution in [0.2, 0.25) is 0 Å². The minimum atomic E-state index is -0.339. The van der Waals surface area contributed by atoms with Crippen LogP contribution >= 0.6 is 15.9 Å². The molecule has 4 nitrogen and oxygen atoms in total. The van der Waals surface area contributed by atoms with E-state index in [2.05, 4.69) is 32.1 Å². The molecule has 3 rings (SSSR count). The zero-order chi connectivity index (χ0) is 15.5. The van der Waals surface area contributed by atoms with Crippen LogP contribution in [0.15, 0.2) is 53.0 Å². The van der Waals surface area contributed by atoms with Crippen molar-refractivity contribution in [3.05, 3.63) is 64.4 Å². The number of hydrogen-bond acceptors (Lipinski definition) is 3. The second kappa shape index (κ2) is 6.56. The number of nitrogens with one attached hydrogen (secondary N) is 3. The summed E-state index contributed by atoms with van der Waals surface area (Å²) in [5.74, 6) is -0.367. The zero-order valence-corrected chi connectivity index (χ0v) is 13.2. The molecule has 2 atom stereocenters. The van der Waals surface area contributed by atoms with Gasteiger partial charge in [0.2, 0.25) is 5.91 Å². The van der Waals surface area contributed by atoms with Crippen LogP contribution in [0.1, 0.15) is 18.0 Å². The number of amides is 1. The smallest absolute Gasteiger partial charge is 0.242 e. The monoisotopic (exact) mass is 363 g/mol. The minimum Gasteiger partial charge on any atom is -0.325 e. The quantitative estimate of drug-likeness (QED) is 0.785. The molecule has 0 radical (unpaired) electrons. The Bertz CT molecular complexity index is 677. The molecule has 1 aliphatic heterocycles. The highest BCUT2D eigenvalue weighted by atomic mass is 79.9. The first-order chi connectivity index (χ1) is 10.6. The van der Waals surface area contributed by atoms with Crippen LogP contribution in [0.4, 0.5) is 10.1 Å². The van der Waals surface area contributed by atoms with Crippen molar-refractivity contribution in [1.82, 2.24) is 10.9 Å². The molecule has 1 heterocycles. The molecular weight excluding hydrogens is 349 g/mol. The molecule has 0 saturated carbocycles. The molecule has 1 aliphatic rings. The molecule has 3 N–H and O–H groups in total. The van der Waals surface area contributed by atoms with Gasteiger partial charge in [-0.2, -0.15) is 0 Å². The number of carbonyl (C=O) groups excluding carboxylic acids is 1. The van der Waals surface area contributed by atoms with Gasteiger partial charge in [0.05, 0.1) is 0 Å². The average molecular weight is 364 g/mol. The summed E-state index contributed by atoms with van der Waals surface area (Å²) in [6.45, 7) is 0. The summed E-state index contributed by atoms with van der Waals surface area (Å²) < 4.78 is 13.9. The highest BCUT2D eigenvalue weighted by Crippen LogP contribution is 2.23. The SMILES string of the molecule is O=C(Nc1cccc(Br)c1)C1CC(c2ccc(F)cc2)NN1. The first-order valence-electron chi connectivity index (χ1n) is 6.95. The van der Waals surface area contributed by atoms with Crippen molar-refractivity contribution < 1.29 is 9.18 Å². The molecule has 0 aliphatic carbocycles. The second-order valence-corrected chi connectivity index (χ2v) is 6.10. The number of halogens is 2. The van der Waals surface area contributed by atoms with E-state index >= 15 is 0 Å². The standard InChI is InChI=1S/C16H15BrFN3O/c17-11-2-1-3-13(8-11)19-16(22)15-9-14(20-21-15)10-4-6-12(18)7-5-10/h1-8,14-15,20-21H,9H2,(H,19,22). The molecule has 2 unspecified atom stereocenters. The molecular formula is C16H15BrFN3O. The van der Waals surface area contributed by atoms with Gasteiger partial charge >= 0.3 is 0 Å². The van der Waals surface area contributed by atoms with Gasteiger partial charge in [0.15, 0.2) is 0 Å². The van der Waals surface area contributed by atoms with Gasteiger partial charge in [-0.05, 0) is 42.3 Å². The summed E-state index contributed by atoms with van der Waals surface area (Å²) in [7, 11) is 0. The largest absolute Gasteiger partial charge is 0.325 e. The number of rotatable bonds is 3. The highest BCUT2D eigenvalue weighted by molar-refractivity contribution is 9.10. The maximum atomic E-state index is 12.9. The van der Waals surface area contributed by atoms with E-state index in [1.165, 1.54) is 12.1 Å². The Morgan fingerprint density at radius 2 is 1.95 bits per heavy atom. The molecule has 1 saturated heterocycles. The lowest BCUT2D eigenvalue weighted by molar-refractivity contribution is -0.117. The Balaban J connectivity index is 1.62. The summed E-state index contributed by atoms with van der Waals surface area (Å²) in [5.41, 5.74) is 7.76. The van der Waals surface area contributed by atoms with Gasteiger partial charge in [-0.25, -0.2) is 15.2 Å². The van der Waals surface area contributed by atoms with Gasteiger partial charge in [0, 0.05) is 16.2 Å². The summed E-state index contributed by atoms with van der Waals surface area (Å²) in [6, 6.07) is 13.4. The van der Waals surface area contributed by atoms with Gasteiger partial charge in [-0.15, -0.1) is 0 Å². The molecule has 0 spiro atoms. The lowest BCUT2D eigenvalue weighted by Gasteiger charge is -2.11. The average Bonchev–Trinajstić information content (AvgIpc) is 2.98. The number of hydrazine groups is 1. The second-order valence-electron chi connectivity index (χ2n) is 5.18. The number of benzene rings is 2. The number of carbonyl (C=O) groups is 1. The lowest BCUT2D eigenvalue weighted by atomic mass is 10.0. The third-order valence-electron chi connectivity index (χ3n) is 3.58. The summed E-state index contributed by atoms with van der Waals surface area (Å²) in [4.78, 5) is 12.3. The van der Waals surface area contributed by atoms with Crippen molar-refractivity contribution in [3.8, 4) is 0 Å². The van der Waals surface area contributed by atoms with Gasteiger partial charge in [-0.3, -0.25) is 4.79 Å². The van der Waals surface area contributed by atoms with Crippen LogP contribution in [0.3, 0.4) is 0 Å². The van der Waals surface area contributed by atoms with E-state index in [4.69, 9.17) is 0 Å². The Hall–Kier alpha value is -1.76. The minimum absolute atomic E-state index is 0.0149. The van der Waals surface area contributed by atoms with Crippen LogP contribution in [0.5, 0.6) is 0 Å². The Kier molecular flexibility index (Phi) is 4.52. The van der Waals surface area contributed by atoms with Crippen molar-refractivity contribution in [3.63, 3.8) is 0 Å². The Morgan fingerprint density at radius 3 is 2.68 bits per heavy atom. The molecule has 114 valence electrons. The van der Waals surface area contributed by atoms with Gasteiger partial charge < -0.3 is 5.32 Å². The molecule has 2 aromatic rings. The predicted octanol–water partition coefficient (Wildman–Crippen LogP) is 3.13. The van der Waals surface area contributed by atoms with E-state index in [9.17, 15) is 9.18 Å². The third-order valence-corrected chi connectivity index (χ3v) is 4.08. The Morgan fingerprint density at radius 1 is 1.18 bits per heavy atom. The Labute approximate surface area is 136 Å². The van der Waals surface area contributed by atoms with E-state index in [1.807, 2.05) is 24.3 Å². The van der Waals surface area contributed by atoms with Gasteiger partial charge in [0.25, 0.3) is 0 Å². The first kappa shape index (κ1) is 15.1. The number of hydrogen-bond donors (Lipinski definition) is 3. The molecule has 0 aromatic heterocycles.